The minimum absolute atomic E-state index is 0.448. The van der Waals surface area contributed by atoms with Crippen molar-refractivity contribution in [2.45, 2.75) is 0 Å². The number of nitrogens with one attached hydrogen (secondary N) is 1. The molecule has 230 valence electrons. The molecule has 0 saturated heterocycles. The molecule has 6 nitrogen and oxygen atoms in total. The molecule has 3 N–H and O–H groups in total. The van der Waals surface area contributed by atoms with Gasteiger partial charge in [-0.15, -0.1) is 5.10 Å². The molecule has 0 spiro atoms. The lowest BCUT2D eigenvalue weighted by Crippen LogP contribution is -2.40. The van der Waals surface area contributed by atoms with Crippen LogP contribution in [0.25, 0.3) is 40.6 Å². The van der Waals surface area contributed by atoms with E-state index in [2.05, 4.69) is 66.0 Å². The van der Waals surface area contributed by atoms with Gasteiger partial charge in [-0.2, -0.15) is 0 Å². The molecule has 0 saturated carbocycles. The maximum atomic E-state index is 6.38. The Bertz CT molecular complexity index is 2170. The normalized spacial score (nSPS) is 11.5. The van der Waals surface area contributed by atoms with Gasteiger partial charge in [0.15, 0.2) is 11.6 Å². The largest absolute Gasteiger partial charge is 0.324 e. The molecule has 1 aromatic heterocycles. The molecule has 0 aliphatic heterocycles. The Morgan fingerprint density at radius 2 is 1.06 bits per heavy atom. The van der Waals surface area contributed by atoms with Crippen LogP contribution in [0.3, 0.4) is 0 Å². The molecule has 0 atom stereocenters. The molecule has 0 fully saturated rings. The molecular weight excluding hydrogens is 589 g/mol. The molecule has 0 aliphatic rings. The maximum Gasteiger partial charge on any atom is 0.324 e. The van der Waals surface area contributed by atoms with Crippen LogP contribution in [0.2, 0.25) is 0 Å². The van der Waals surface area contributed by atoms with E-state index in [9.17, 15) is 0 Å². The van der Waals surface area contributed by atoms with Gasteiger partial charge < -0.3 is 5.32 Å². The first-order chi connectivity index (χ1) is 23.7. The second-order valence-corrected chi connectivity index (χ2v) is 11.2. The SMILES string of the molecule is [NH2+]=C(N=C(Nc1ccc(/C=C/c2ccc(-n3nc(-c4ccccc4)nc3-c3ccccc3)cc2)cc1)c1ccccc1)c1ccccc1. The smallest absolute Gasteiger partial charge is 0.319 e. The Balaban J connectivity index is 1.08. The number of hydrogen-bond acceptors (Lipinski definition) is 2. The van der Waals surface area contributed by atoms with Gasteiger partial charge in [0.25, 0.3) is 5.84 Å². The first-order valence-corrected chi connectivity index (χ1v) is 15.8. The predicted octanol–water partition coefficient (Wildman–Crippen LogP) is 7.84. The van der Waals surface area contributed by atoms with Gasteiger partial charge in [0.2, 0.25) is 0 Å². The van der Waals surface area contributed by atoms with E-state index >= 15 is 0 Å². The van der Waals surface area contributed by atoms with Crippen LogP contribution in [0.4, 0.5) is 5.69 Å². The van der Waals surface area contributed by atoms with Crippen molar-refractivity contribution in [1.29, 1.82) is 0 Å². The average molecular weight is 622 g/mol. The monoisotopic (exact) mass is 621 g/mol. The number of benzene rings is 6. The van der Waals surface area contributed by atoms with E-state index in [1.165, 1.54) is 0 Å². The standard InChI is InChI=1S/C42H32N6/c43-39(33-13-5-1-6-14-33)45-40(34-15-7-2-8-16-34)44-37-27-23-31(24-28-37)21-22-32-25-29-38(30-26-32)48-42(36-19-11-4-12-20-36)46-41(47-48)35-17-9-3-10-18-35/h1-30H,(H2,43,44,45)/p+1/b22-21+. The zero-order chi connectivity index (χ0) is 32.5. The van der Waals surface area contributed by atoms with E-state index < -0.39 is 0 Å². The summed E-state index contributed by atoms with van der Waals surface area (Å²) in [5.74, 6) is 2.62. The first-order valence-electron chi connectivity index (χ1n) is 15.8. The highest BCUT2D eigenvalue weighted by Crippen LogP contribution is 2.26. The van der Waals surface area contributed by atoms with Gasteiger partial charge in [0.1, 0.15) is 0 Å². The molecule has 7 aromatic rings. The molecule has 6 aromatic carbocycles. The third-order valence-corrected chi connectivity index (χ3v) is 7.80. The van der Waals surface area contributed by atoms with E-state index in [-0.39, 0.29) is 0 Å². The summed E-state index contributed by atoms with van der Waals surface area (Å²) in [6.45, 7) is 0. The Morgan fingerprint density at radius 3 is 1.65 bits per heavy atom. The van der Waals surface area contributed by atoms with E-state index in [4.69, 9.17) is 20.5 Å². The lowest BCUT2D eigenvalue weighted by Gasteiger charge is -2.07. The quantitative estimate of drug-likeness (QED) is 0.103. The maximum absolute atomic E-state index is 6.38. The van der Waals surface area contributed by atoms with E-state index in [1.54, 1.807) is 0 Å². The molecule has 0 amide bonds. The van der Waals surface area contributed by atoms with Crippen molar-refractivity contribution in [2.24, 2.45) is 4.99 Å². The van der Waals surface area contributed by atoms with Crippen molar-refractivity contribution >= 4 is 29.5 Å². The third kappa shape index (κ3) is 7.09. The fraction of sp³-hybridized carbons (Fsp3) is 0. The van der Waals surface area contributed by atoms with E-state index in [1.807, 2.05) is 126 Å². The van der Waals surface area contributed by atoms with Crippen LogP contribution in [0.5, 0.6) is 0 Å². The molecule has 48 heavy (non-hydrogen) atoms. The second kappa shape index (κ2) is 14.2. The number of nitrogens with two attached hydrogens (primary N) is 1. The highest BCUT2D eigenvalue weighted by atomic mass is 15.4. The Morgan fingerprint density at radius 1 is 0.562 bits per heavy atom. The lowest BCUT2D eigenvalue weighted by atomic mass is 10.1. The minimum atomic E-state index is 0.448. The fourth-order valence-electron chi connectivity index (χ4n) is 5.26. The van der Waals surface area contributed by atoms with Gasteiger partial charge in [-0.1, -0.05) is 133 Å². The summed E-state index contributed by atoms with van der Waals surface area (Å²) < 4.78 is 1.91. The van der Waals surface area contributed by atoms with Crippen LogP contribution in [0.15, 0.2) is 175 Å². The summed E-state index contributed by atoms with van der Waals surface area (Å²) in [5, 5.41) is 14.7. The van der Waals surface area contributed by atoms with E-state index in [0.29, 0.717) is 17.5 Å². The summed E-state index contributed by atoms with van der Waals surface area (Å²) in [4.78, 5) is 9.67. The summed E-state index contributed by atoms with van der Waals surface area (Å²) in [6.07, 6.45) is 4.21. The van der Waals surface area contributed by atoms with Crippen LogP contribution in [-0.2, 0) is 0 Å². The van der Waals surface area contributed by atoms with Crippen molar-refractivity contribution < 1.29 is 5.41 Å². The van der Waals surface area contributed by atoms with Crippen LogP contribution in [0, 0.1) is 0 Å². The number of nitrogens with zero attached hydrogens (tertiary/aromatic N) is 4. The number of rotatable bonds is 8. The summed E-state index contributed by atoms with van der Waals surface area (Å²) in [7, 11) is 0. The zero-order valence-corrected chi connectivity index (χ0v) is 26.2. The Hall–Kier alpha value is -6.66. The number of aliphatic imine (C=N–C) groups is 1. The average Bonchev–Trinajstić information content (AvgIpc) is 3.62. The minimum Gasteiger partial charge on any atom is -0.319 e. The van der Waals surface area contributed by atoms with Crippen LogP contribution in [-0.4, -0.2) is 26.4 Å². The van der Waals surface area contributed by atoms with Gasteiger partial charge in [0.05, 0.1) is 11.3 Å². The number of anilines is 1. The Kier molecular flexibility index (Phi) is 8.87. The molecule has 0 bridgehead atoms. The topological polar surface area (TPSA) is 80.7 Å². The number of amidine groups is 2. The van der Waals surface area contributed by atoms with Crippen LogP contribution >= 0.6 is 0 Å². The molecule has 6 heteroatoms. The highest BCUT2D eigenvalue weighted by Gasteiger charge is 2.16. The molecule has 0 radical (unpaired) electrons. The van der Waals surface area contributed by atoms with Gasteiger partial charge in [0, 0.05) is 22.4 Å². The fourth-order valence-corrected chi connectivity index (χ4v) is 5.26. The number of aromatic nitrogens is 3. The molecule has 0 unspecified atom stereocenters. The van der Waals surface area contributed by atoms with Gasteiger partial charge in [-0.05, 0) is 64.7 Å². The summed E-state index contributed by atoms with van der Waals surface area (Å²) >= 11 is 0. The van der Waals surface area contributed by atoms with Crippen LogP contribution < -0.4 is 10.7 Å². The molecular formula is C42H33N6+. The van der Waals surface area contributed by atoms with Gasteiger partial charge in [-0.25, -0.2) is 9.67 Å². The first kappa shape index (κ1) is 30.0. The molecule has 0 aliphatic carbocycles. The van der Waals surface area contributed by atoms with Crippen molar-refractivity contribution in [3.63, 3.8) is 0 Å². The third-order valence-electron chi connectivity index (χ3n) is 7.80. The summed E-state index contributed by atoms with van der Waals surface area (Å²) in [5.41, 5.74) is 7.82. The highest BCUT2D eigenvalue weighted by molar-refractivity contribution is 6.15. The van der Waals surface area contributed by atoms with Crippen molar-refractivity contribution in [1.82, 2.24) is 14.8 Å². The van der Waals surface area contributed by atoms with Crippen LogP contribution in [0.1, 0.15) is 22.3 Å². The van der Waals surface area contributed by atoms with Crippen molar-refractivity contribution in [2.75, 3.05) is 5.32 Å². The molecule has 1 heterocycles. The van der Waals surface area contributed by atoms with Crippen molar-refractivity contribution in [3.05, 3.63) is 192 Å². The predicted molar refractivity (Wildman–Crippen MR) is 197 cm³/mol. The molecule has 7 rings (SSSR count). The zero-order valence-electron chi connectivity index (χ0n) is 26.2. The lowest BCUT2D eigenvalue weighted by molar-refractivity contribution is -0.114. The Labute approximate surface area is 280 Å². The van der Waals surface area contributed by atoms with Gasteiger partial charge >= 0.3 is 5.84 Å². The van der Waals surface area contributed by atoms with E-state index in [0.717, 1.165) is 50.6 Å². The number of hydrogen-bond donors (Lipinski definition) is 2. The summed E-state index contributed by atoms with van der Waals surface area (Å²) in [6, 6.07) is 56.5. The van der Waals surface area contributed by atoms with Gasteiger partial charge in [-0.3, -0.25) is 5.41 Å². The second-order valence-electron chi connectivity index (χ2n) is 11.2. The van der Waals surface area contributed by atoms with Crippen molar-refractivity contribution in [3.8, 4) is 28.5 Å².